The zero-order valence-electron chi connectivity index (χ0n) is 13.0. The quantitative estimate of drug-likeness (QED) is 0.572. The summed E-state index contributed by atoms with van der Waals surface area (Å²) >= 11 is 6.99. The van der Waals surface area contributed by atoms with Gasteiger partial charge >= 0.3 is 6.03 Å². The lowest BCUT2D eigenvalue weighted by Gasteiger charge is -2.06. The van der Waals surface area contributed by atoms with Crippen LogP contribution in [-0.2, 0) is 4.79 Å². The molecule has 0 aliphatic rings. The third kappa shape index (κ3) is 5.50. The second kappa shape index (κ2) is 9.24. The first kappa shape index (κ1) is 18.2. The molecule has 0 aliphatic heterocycles. The van der Waals surface area contributed by atoms with Gasteiger partial charge in [0, 0.05) is 11.6 Å². The molecule has 0 aliphatic carbocycles. The van der Waals surface area contributed by atoms with Crippen LogP contribution in [0.3, 0.4) is 0 Å². The van der Waals surface area contributed by atoms with E-state index in [1.165, 1.54) is 4.68 Å². The van der Waals surface area contributed by atoms with Gasteiger partial charge in [0.1, 0.15) is 0 Å². The van der Waals surface area contributed by atoms with E-state index < -0.39 is 11.9 Å². The molecule has 2 aromatic rings. The van der Waals surface area contributed by atoms with E-state index in [0.29, 0.717) is 16.7 Å². The maximum atomic E-state index is 11.8. The molecule has 0 radical (unpaired) electrons. The first-order valence-electron chi connectivity index (χ1n) is 7.35. The smallest absolute Gasteiger partial charge is 0.321 e. The number of hydrogen-bond acceptors (Lipinski definition) is 6. The third-order valence-corrected chi connectivity index (χ3v) is 4.08. The van der Waals surface area contributed by atoms with Crippen molar-refractivity contribution >= 4 is 35.3 Å². The molecule has 0 unspecified atom stereocenters. The SMILES string of the molecule is CCCCNC(=O)NC(=O)CSc1nnnn1-c1ccc(Cl)cc1. The highest BCUT2D eigenvalue weighted by Crippen LogP contribution is 2.19. The molecule has 0 spiro atoms. The molecule has 1 aromatic carbocycles. The molecule has 0 atom stereocenters. The van der Waals surface area contributed by atoms with Crippen LogP contribution in [0.2, 0.25) is 5.02 Å². The minimum Gasteiger partial charge on any atom is -0.338 e. The monoisotopic (exact) mass is 368 g/mol. The Morgan fingerprint density at radius 1 is 1.29 bits per heavy atom. The number of halogens is 1. The Kier molecular flexibility index (Phi) is 7.01. The number of aromatic nitrogens is 4. The summed E-state index contributed by atoms with van der Waals surface area (Å²) in [5, 5.41) is 17.3. The number of hydrogen-bond donors (Lipinski definition) is 2. The largest absolute Gasteiger partial charge is 0.338 e. The molecule has 2 N–H and O–H groups in total. The number of nitrogens with zero attached hydrogens (tertiary/aromatic N) is 4. The van der Waals surface area contributed by atoms with Gasteiger partial charge in [0.15, 0.2) is 0 Å². The van der Waals surface area contributed by atoms with Crippen molar-refractivity contribution in [3.63, 3.8) is 0 Å². The minimum absolute atomic E-state index is 0.0230. The standard InChI is InChI=1S/C14H17ClN6O2S/c1-2-3-8-16-13(23)17-12(22)9-24-14-18-19-20-21(14)11-6-4-10(15)5-7-11/h4-7H,2-3,8-9H2,1H3,(H2,16,17,22,23). The van der Waals surface area contributed by atoms with Gasteiger partial charge in [-0.3, -0.25) is 10.1 Å². The Labute approximate surface area is 148 Å². The van der Waals surface area contributed by atoms with Crippen LogP contribution in [0.25, 0.3) is 5.69 Å². The van der Waals surface area contributed by atoms with E-state index in [4.69, 9.17) is 11.6 Å². The molecule has 2 rings (SSSR count). The molecular weight excluding hydrogens is 352 g/mol. The van der Waals surface area contributed by atoms with Crippen LogP contribution in [-0.4, -0.2) is 44.4 Å². The van der Waals surface area contributed by atoms with Gasteiger partial charge < -0.3 is 5.32 Å². The summed E-state index contributed by atoms with van der Waals surface area (Å²) in [6.45, 7) is 2.56. The Morgan fingerprint density at radius 3 is 2.75 bits per heavy atom. The van der Waals surface area contributed by atoms with Crippen molar-refractivity contribution in [2.75, 3.05) is 12.3 Å². The van der Waals surface area contributed by atoms with Crippen LogP contribution in [0.1, 0.15) is 19.8 Å². The molecule has 8 nitrogen and oxygen atoms in total. The first-order chi connectivity index (χ1) is 11.6. The number of urea groups is 1. The van der Waals surface area contributed by atoms with Gasteiger partial charge in [0.25, 0.3) is 0 Å². The average Bonchev–Trinajstić information content (AvgIpc) is 3.02. The normalized spacial score (nSPS) is 10.4. The summed E-state index contributed by atoms with van der Waals surface area (Å²) < 4.78 is 1.50. The van der Waals surface area contributed by atoms with Crippen molar-refractivity contribution in [3.8, 4) is 5.69 Å². The van der Waals surface area contributed by atoms with Crippen molar-refractivity contribution in [2.45, 2.75) is 24.9 Å². The zero-order chi connectivity index (χ0) is 17.4. The number of tetrazole rings is 1. The topological polar surface area (TPSA) is 102 Å². The van der Waals surface area contributed by atoms with Gasteiger partial charge in [-0.05, 0) is 41.1 Å². The Balaban J connectivity index is 1.86. The van der Waals surface area contributed by atoms with E-state index in [9.17, 15) is 9.59 Å². The summed E-state index contributed by atoms with van der Waals surface area (Å²) in [5.41, 5.74) is 0.726. The summed E-state index contributed by atoms with van der Waals surface area (Å²) in [7, 11) is 0. The molecular formula is C14H17ClN6O2S. The highest BCUT2D eigenvalue weighted by molar-refractivity contribution is 7.99. The molecule has 0 fully saturated rings. The van der Waals surface area contributed by atoms with E-state index in [1.54, 1.807) is 24.3 Å². The Morgan fingerprint density at radius 2 is 2.04 bits per heavy atom. The number of amides is 3. The van der Waals surface area contributed by atoms with E-state index >= 15 is 0 Å². The molecule has 0 saturated carbocycles. The van der Waals surface area contributed by atoms with Gasteiger partial charge in [0.2, 0.25) is 11.1 Å². The molecule has 0 bridgehead atoms. The molecule has 1 heterocycles. The van der Waals surface area contributed by atoms with E-state index in [-0.39, 0.29) is 5.75 Å². The van der Waals surface area contributed by atoms with Crippen LogP contribution in [0.5, 0.6) is 0 Å². The van der Waals surface area contributed by atoms with Crippen molar-refractivity contribution < 1.29 is 9.59 Å². The van der Waals surface area contributed by atoms with Crippen molar-refractivity contribution in [3.05, 3.63) is 29.3 Å². The zero-order valence-corrected chi connectivity index (χ0v) is 14.6. The van der Waals surface area contributed by atoms with E-state index in [2.05, 4.69) is 26.2 Å². The second-order valence-corrected chi connectivity index (χ2v) is 6.17. The predicted octanol–water partition coefficient (Wildman–Crippen LogP) is 2.03. The predicted molar refractivity (Wildman–Crippen MR) is 91.3 cm³/mol. The van der Waals surface area contributed by atoms with Crippen molar-refractivity contribution in [1.82, 2.24) is 30.8 Å². The number of nitrogens with one attached hydrogen (secondary N) is 2. The van der Waals surface area contributed by atoms with Crippen LogP contribution < -0.4 is 10.6 Å². The molecule has 0 saturated heterocycles. The highest BCUT2D eigenvalue weighted by Gasteiger charge is 2.13. The Hall–Kier alpha value is -2.13. The summed E-state index contributed by atoms with van der Waals surface area (Å²) in [5.74, 6) is -0.394. The lowest BCUT2D eigenvalue weighted by Crippen LogP contribution is -2.40. The van der Waals surface area contributed by atoms with Crippen LogP contribution in [0, 0.1) is 0 Å². The van der Waals surface area contributed by atoms with Gasteiger partial charge in [-0.15, -0.1) is 5.10 Å². The second-order valence-electron chi connectivity index (χ2n) is 4.80. The molecule has 3 amide bonds. The van der Waals surface area contributed by atoms with Gasteiger partial charge in [0.05, 0.1) is 11.4 Å². The summed E-state index contributed by atoms with van der Waals surface area (Å²) in [4.78, 5) is 23.3. The molecule has 10 heteroatoms. The number of carbonyl (C=O) groups is 2. The molecule has 24 heavy (non-hydrogen) atoms. The van der Waals surface area contributed by atoms with Crippen LogP contribution >= 0.6 is 23.4 Å². The fraction of sp³-hybridized carbons (Fsp3) is 0.357. The maximum Gasteiger partial charge on any atom is 0.321 e. The summed E-state index contributed by atoms with van der Waals surface area (Å²) in [6.07, 6.45) is 1.84. The molecule has 1 aromatic heterocycles. The maximum absolute atomic E-state index is 11.8. The van der Waals surface area contributed by atoms with Crippen molar-refractivity contribution in [2.24, 2.45) is 0 Å². The van der Waals surface area contributed by atoms with Crippen LogP contribution in [0.15, 0.2) is 29.4 Å². The minimum atomic E-state index is -0.494. The number of unbranched alkanes of at least 4 members (excludes halogenated alkanes) is 1. The third-order valence-electron chi connectivity index (χ3n) is 2.91. The number of rotatable bonds is 7. The van der Waals surface area contributed by atoms with Gasteiger partial charge in [-0.25, -0.2) is 4.79 Å². The lowest BCUT2D eigenvalue weighted by molar-refractivity contribution is -0.117. The fourth-order valence-corrected chi connectivity index (χ4v) is 2.55. The van der Waals surface area contributed by atoms with E-state index in [0.717, 1.165) is 30.3 Å². The van der Waals surface area contributed by atoms with Crippen molar-refractivity contribution in [1.29, 1.82) is 0 Å². The van der Waals surface area contributed by atoms with Gasteiger partial charge in [-0.2, -0.15) is 4.68 Å². The molecule has 128 valence electrons. The number of imide groups is 1. The van der Waals surface area contributed by atoms with Gasteiger partial charge in [-0.1, -0.05) is 36.7 Å². The van der Waals surface area contributed by atoms with Crippen LogP contribution in [0.4, 0.5) is 4.79 Å². The highest BCUT2D eigenvalue weighted by atomic mass is 35.5. The number of benzene rings is 1. The van der Waals surface area contributed by atoms with E-state index in [1.807, 2.05) is 6.92 Å². The average molecular weight is 369 g/mol. The lowest BCUT2D eigenvalue weighted by atomic mass is 10.3. The number of carbonyl (C=O) groups excluding carboxylic acids is 2. The Bertz CT molecular complexity index is 691. The number of thioether (sulfide) groups is 1. The summed E-state index contributed by atoms with van der Waals surface area (Å²) in [6, 6.07) is 6.49. The first-order valence-corrected chi connectivity index (χ1v) is 8.71. The fourth-order valence-electron chi connectivity index (χ4n) is 1.73.